The second-order valence-electron chi connectivity index (χ2n) is 5.84. The maximum Gasteiger partial charge on any atom is 0.410 e. The summed E-state index contributed by atoms with van der Waals surface area (Å²) in [7, 11) is 1.79. The number of nitrogens with one attached hydrogen (secondary N) is 1. The summed E-state index contributed by atoms with van der Waals surface area (Å²) >= 11 is 0. The van der Waals surface area contributed by atoms with E-state index in [0.717, 1.165) is 25.6 Å². The molecule has 1 aliphatic rings. The van der Waals surface area contributed by atoms with Gasteiger partial charge in [0.1, 0.15) is 5.60 Å². The van der Waals surface area contributed by atoms with Gasteiger partial charge in [0, 0.05) is 19.6 Å². The predicted octanol–water partition coefficient (Wildman–Crippen LogP) is 2.39. The Labute approximate surface area is 105 Å². The lowest BCUT2D eigenvalue weighted by Gasteiger charge is -2.27. The van der Waals surface area contributed by atoms with Crippen LogP contribution in [-0.2, 0) is 4.74 Å². The Kier molecular flexibility index (Phi) is 5.25. The monoisotopic (exact) mass is 242 g/mol. The Morgan fingerprint density at radius 3 is 2.53 bits per heavy atom. The number of hydrogen-bond donors (Lipinski definition) is 1. The Balaban J connectivity index is 2.06. The molecule has 0 aliphatic heterocycles. The normalized spacial score (nSPS) is 16.5. The van der Waals surface area contributed by atoms with Gasteiger partial charge >= 0.3 is 6.09 Å². The van der Waals surface area contributed by atoms with Crippen molar-refractivity contribution in [3.63, 3.8) is 0 Å². The van der Waals surface area contributed by atoms with E-state index in [0.29, 0.717) is 0 Å². The molecule has 1 fully saturated rings. The van der Waals surface area contributed by atoms with Gasteiger partial charge in [0.15, 0.2) is 0 Å². The molecule has 0 aromatic heterocycles. The molecule has 0 aromatic carbocycles. The molecule has 4 nitrogen and oxygen atoms in total. The zero-order valence-corrected chi connectivity index (χ0v) is 11.6. The van der Waals surface area contributed by atoms with Crippen LogP contribution in [0.1, 0.15) is 46.5 Å². The van der Waals surface area contributed by atoms with E-state index in [1.165, 1.54) is 19.3 Å². The number of amides is 1. The minimum Gasteiger partial charge on any atom is -0.444 e. The predicted molar refractivity (Wildman–Crippen MR) is 69.1 cm³/mol. The molecule has 1 saturated carbocycles. The van der Waals surface area contributed by atoms with Crippen LogP contribution in [0, 0.1) is 0 Å². The van der Waals surface area contributed by atoms with Crippen molar-refractivity contribution < 1.29 is 9.53 Å². The Bertz CT molecular complexity index is 244. The minimum absolute atomic E-state index is 0.235. The average Bonchev–Trinajstić information content (AvgIpc) is 2.11. The first-order chi connectivity index (χ1) is 7.88. The molecule has 17 heavy (non-hydrogen) atoms. The van der Waals surface area contributed by atoms with E-state index >= 15 is 0 Å². The molecule has 1 amide bonds. The summed E-state index contributed by atoms with van der Waals surface area (Å²) in [5.74, 6) is 0. The fourth-order valence-electron chi connectivity index (χ4n) is 1.67. The third kappa shape index (κ3) is 5.91. The Morgan fingerprint density at radius 1 is 1.41 bits per heavy atom. The summed E-state index contributed by atoms with van der Waals surface area (Å²) in [4.78, 5) is 13.3. The van der Waals surface area contributed by atoms with Crippen molar-refractivity contribution in [1.29, 1.82) is 0 Å². The average molecular weight is 242 g/mol. The summed E-state index contributed by atoms with van der Waals surface area (Å²) in [6.45, 7) is 7.39. The van der Waals surface area contributed by atoms with Gasteiger partial charge in [0.25, 0.3) is 0 Å². The maximum atomic E-state index is 11.6. The van der Waals surface area contributed by atoms with Crippen LogP contribution in [0.5, 0.6) is 0 Å². The second-order valence-corrected chi connectivity index (χ2v) is 5.84. The quantitative estimate of drug-likeness (QED) is 0.753. The first-order valence-electron chi connectivity index (χ1n) is 6.56. The summed E-state index contributed by atoms with van der Waals surface area (Å²) < 4.78 is 5.28. The van der Waals surface area contributed by atoms with Gasteiger partial charge < -0.3 is 15.0 Å². The van der Waals surface area contributed by atoms with E-state index in [1.54, 1.807) is 11.9 Å². The Hall–Kier alpha value is -0.770. The van der Waals surface area contributed by atoms with Crippen molar-refractivity contribution >= 4 is 6.09 Å². The highest BCUT2D eigenvalue weighted by atomic mass is 16.6. The lowest BCUT2D eigenvalue weighted by molar-refractivity contribution is 0.0297. The number of rotatable bonds is 5. The van der Waals surface area contributed by atoms with Crippen molar-refractivity contribution in [2.75, 3.05) is 20.1 Å². The zero-order valence-electron chi connectivity index (χ0n) is 11.6. The molecule has 0 heterocycles. The molecule has 0 bridgehead atoms. The number of carbonyl (C=O) groups excluding carboxylic acids is 1. The van der Waals surface area contributed by atoms with Crippen molar-refractivity contribution in [2.24, 2.45) is 0 Å². The third-order valence-electron chi connectivity index (χ3n) is 2.91. The highest BCUT2D eigenvalue weighted by Gasteiger charge is 2.19. The topological polar surface area (TPSA) is 41.6 Å². The SMILES string of the molecule is CN(CCCNC1CCC1)C(=O)OC(C)(C)C. The van der Waals surface area contributed by atoms with E-state index < -0.39 is 5.60 Å². The fourth-order valence-corrected chi connectivity index (χ4v) is 1.67. The molecular formula is C13H26N2O2. The summed E-state index contributed by atoms with van der Waals surface area (Å²) in [6.07, 6.45) is 4.71. The van der Waals surface area contributed by atoms with Gasteiger partial charge in [-0.2, -0.15) is 0 Å². The lowest BCUT2D eigenvalue weighted by Crippen LogP contribution is -2.38. The van der Waals surface area contributed by atoms with Gasteiger partial charge in [0.2, 0.25) is 0 Å². The first kappa shape index (κ1) is 14.3. The highest BCUT2D eigenvalue weighted by Crippen LogP contribution is 2.17. The molecule has 4 heteroatoms. The van der Waals surface area contributed by atoms with Gasteiger partial charge in [-0.05, 0) is 46.6 Å². The Morgan fingerprint density at radius 2 is 2.06 bits per heavy atom. The zero-order chi connectivity index (χ0) is 12.9. The van der Waals surface area contributed by atoms with Crippen LogP contribution < -0.4 is 5.32 Å². The molecule has 1 N–H and O–H groups in total. The molecule has 0 unspecified atom stereocenters. The standard InChI is InChI=1S/C13H26N2O2/c1-13(2,3)17-12(16)15(4)10-6-9-14-11-7-5-8-11/h11,14H,5-10H2,1-4H3. The minimum atomic E-state index is -0.407. The van der Waals surface area contributed by atoms with Crippen LogP contribution in [0.15, 0.2) is 0 Å². The van der Waals surface area contributed by atoms with Gasteiger partial charge in [-0.15, -0.1) is 0 Å². The molecule has 0 saturated heterocycles. The molecule has 0 spiro atoms. The van der Waals surface area contributed by atoms with E-state index in [4.69, 9.17) is 4.74 Å². The summed E-state index contributed by atoms with van der Waals surface area (Å²) in [6, 6.07) is 0.724. The third-order valence-corrected chi connectivity index (χ3v) is 2.91. The van der Waals surface area contributed by atoms with Gasteiger partial charge in [-0.1, -0.05) is 6.42 Å². The van der Waals surface area contributed by atoms with E-state index in [9.17, 15) is 4.79 Å². The first-order valence-corrected chi connectivity index (χ1v) is 6.56. The highest BCUT2D eigenvalue weighted by molar-refractivity contribution is 5.67. The van der Waals surface area contributed by atoms with Crippen LogP contribution in [0.4, 0.5) is 4.79 Å². The van der Waals surface area contributed by atoms with Crippen LogP contribution in [0.25, 0.3) is 0 Å². The molecule has 1 rings (SSSR count). The van der Waals surface area contributed by atoms with Crippen LogP contribution in [0.2, 0.25) is 0 Å². The molecule has 0 aromatic rings. The maximum absolute atomic E-state index is 11.6. The number of ether oxygens (including phenoxy) is 1. The van der Waals surface area contributed by atoms with E-state index in [2.05, 4.69) is 5.32 Å². The van der Waals surface area contributed by atoms with E-state index in [-0.39, 0.29) is 6.09 Å². The molecular weight excluding hydrogens is 216 g/mol. The number of hydrogen-bond acceptors (Lipinski definition) is 3. The molecule has 0 atom stereocenters. The fraction of sp³-hybridized carbons (Fsp3) is 0.923. The van der Waals surface area contributed by atoms with Gasteiger partial charge in [-0.25, -0.2) is 4.79 Å². The smallest absolute Gasteiger partial charge is 0.410 e. The number of nitrogens with zero attached hydrogens (tertiary/aromatic N) is 1. The summed E-state index contributed by atoms with van der Waals surface area (Å²) in [5.41, 5.74) is -0.407. The van der Waals surface area contributed by atoms with E-state index in [1.807, 2.05) is 20.8 Å². The molecule has 100 valence electrons. The van der Waals surface area contributed by atoms with Crippen molar-refractivity contribution in [1.82, 2.24) is 10.2 Å². The number of carbonyl (C=O) groups is 1. The van der Waals surface area contributed by atoms with Crippen molar-refractivity contribution in [3.05, 3.63) is 0 Å². The van der Waals surface area contributed by atoms with Crippen LogP contribution in [0.3, 0.4) is 0 Å². The van der Waals surface area contributed by atoms with Crippen molar-refractivity contribution in [2.45, 2.75) is 58.1 Å². The largest absolute Gasteiger partial charge is 0.444 e. The summed E-state index contributed by atoms with van der Waals surface area (Å²) in [5, 5.41) is 3.48. The van der Waals surface area contributed by atoms with Gasteiger partial charge in [0.05, 0.1) is 0 Å². The van der Waals surface area contributed by atoms with Gasteiger partial charge in [-0.3, -0.25) is 0 Å². The second kappa shape index (κ2) is 6.24. The van der Waals surface area contributed by atoms with Crippen molar-refractivity contribution in [3.8, 4) is 0 Å². The lowest BCUT2D eigenvalue weighted by atomic mass is 9.93. The van der Waals surface area contributed by atoms with Crippen LogP contribution in [-0.4, -0.2) is 42.8 Å². The molecule has 1 aliphatic carbocycles. The molecule has 0 radical (unpaired) electrons. The van der Waals surface area contributed by atoms with Crippen LogP contribution >= 0.6 is 0 Å².